The van der Waals surface area contributed by atoms with Crippen molar-refractivity contribution in [3.8, 4) is 5.75 Å². The maximum atomic E-state index is 13.6. The molecule has 166 valence electrons. The first kappa shape index (κ1) is 24.6. The third kappa shape index (κ3) is 5.47. The lowest BCUT2D eigenvalue weighted by Gasteiger charge is -2.27. The molecule has 0 unspecified atom stereocenters. The van der Waals surface area contributed by atoms with Crippen LogP contribution in [-0.4, -0.2) is 17.9 Å². The summed E-state index contributed by atoms with van der Waals surface area (Å²) in [5.41, 5.74) is 0.605. The summed E-state index contributed by atoms with van der Waals surface area (Å²) < 4.78 is 5.11. The largest absolute Gasteiger partial charge is 1.00 e. The molecular formula is C28H24BrO3P. The van der Waals surface area contributed by atoms with Crippen LogP contribution >= 0.6 is 7.26 Å². The van der Waals surface area contributed by atoms with E-state index in [0.29, 0.717) is 17.5 Å². The average molecular weight is 519 g/mol. The number of carbonyl (C=O) groups is 2. The molecule has 0 radical (unpaired) electrons. The van der Waals surface area contributed by atoms with Crippen LogP contribution in [0.1, 0.15) is 17.3 Å². The van der Waals surface area contributed by atoms with Crippen LogP contribution in [0.2, 0.25) is 0 Å². The molecule has 0 heterocycles. The lowest BCUT2D eigenvalue weighted by atomic mass is 10.1. The van der Waals surface area contributed by atoms with Crippen molar-refractivity contribution in [1.82, 2.24) is 0 Å². The highest BCUT2D eigenvalue weighted by Gasteiger charge is 2.47. The van der Waals surface area contributed by atoms with Gasteiger partial charge in [-0.15, -0.1) is 0 Å². The molecule has 0 saturated carbocycles. The zero-order valence-electron chi connectivity index (χ0n) is 18.2. The third-order valence-corrected chi connectivity index (χ3v) is 9.71. The summed E-state index contributed by atoms with van der Waals surface area (Å²) in [7, 11) is -2.24. The van der Waals surface area contributed by atoms with Gasteiger partial charge >= 0.3 is 5.97 Å². The Morgan fingerprint density at radius 2 is 1.03 bits per heavy atom. The molecule has 0 aliphatic rings. The van der Waals surface area contributed by atoms with Gasteiger partial charge in [-0.3, -0.25) is 9.59 Å². The van der Waals surface area contributed by atoms with Crippen molar-refractivity contribution in [2.75, 3.05) is 6.16 Å². The van der Waals surface area contributed by atoms with Crippen molar-refractivity contribution in [3.63, 3.8) is 0 Å². The van der Waals surface area contributed by atoms with E-state index in [4.69, 9.17) is 4.74 Å². The van der Waals surface area contributed by atoms with Crippen molar-refractivity contribution >= 4 is 34.9 Å². The number of carbonyl (C=O) groups excluding carboxylic acids is 2. The zero-order valence-corrected chi connectivity index (χ0v) is 20.7. The van der Waals surface area contributed by atoms with Gasteiger partial charge in [0.05, 0.1) is 0 Å². The predicted molar refractivity (Wildman–Crippen MR) is 132 cm³/mol. The first-order valence-corrected chi connectivity index (χ1v) is 12.4. The van der Waals surface area contributed by atoms with E-state index in [1.807, 2.05) is 54.6 Å². The molecule has 0 N–H and O–H groups in total. The Hall–Kier alpha value is -3.07. The van der Waals surface area contributed by atoms with Crippen molar-refractivity contribution in [3.05, 3.63) is 121 Å². The summed E-state index contributed by atoms with van der Waals surface area (Å²) in [5, 5.41) is 3.51. The van der Waals surface area contributed by atoms with Crippen LogP contribution in [-0.2, 0) is 4.79 Å². The second-order valence-corrected chi connectivity index (χ2v) is 11.0. The molecule has 0 aliphatic carbocycles. The summed E-state index contributed by atoms with van der Waals surface area (Å²) in [4.78, 5) is 24.8. The monoisotopic (exact) mass is 518 g/mol. The minimum atomic E-state index is -2.24. The van der Waals surface area contributed by atoms with Gasteiger partial charge in [-0.1, -0.05) is 54.6 Å². The highest BCUT2D eigenvalue weighted by atomic mass is 79.9. The average Bonchev–Trinajstić information content (AvgIpc) is 2.84. The van der Waals surface area contributed by atoms with E-state index in [2.05, 4.69) is 36.4 Å². The molecule has 0 amide bonds. The van der Waals surface area contributed by atoms with Gasteiger partial charge in [-0.25, -0.2) is 0 Å². The fourth-order valence-corrected chi connectivity index (χ4v) is 8.05. The number of hydrogen-bond acceptors (Lipinski definition) is 3. The van der Waals surface area contributed by atoms with Gasteiger partial charge in [-0.2, -0.15) is 0 Å². The lowest BCUT2D eigenvalue weighted by molar-refractivity contribution is -0.131. The molecule has 3 nitrogen and oxygen atoms in total. The summed E-state index contributed by atoms with van der Waals surface area (Å²) in [5.74, 6) is 0.111. The first-order chi connectivity index (χ1) is 15.6. The molecule has 0 atom stereocenters. The van der Waals surface area contributed by atoms with Gasteiger partial charge < -0.3 is 21.7 Å². The number of rotatable bonds is 7. The Bertz CT molecular complexity index is 1100. The number of esters is 1. The third-order valence-electron chi connectivity index (χ3n) is 5.41. The Balaban J connectivity index is 0.00000306. The molecule has 0 bridgehead atoms. The zero-order chi connectivity index (χ0) is 22.4. The van der Waals surface area contributed by atoms with Crippen molar-refractivity contribution in [1.29, 1.82) is 0 Å². The Labute approximate surface area is 205 Å². The lowest BCUT2D eigenvalue weighted by Crippen LogP contribution is -3.00. The van der Waals surface area contributed by atoms with Gasteiger partial charge in [-0.05, 0) is 60.7 Å². The number of benzene rings is 4. The quantitative estimate of drug-likeness (QED) is 0.162. The van der Waals surface area contributed by atoms with Crippen LogP contribution in [0.25, 0.3) is 0 Å². The van der Waals surface area contributed by atoms with E-state index in [0.717, 1.165) is 0 Å². The number of halogens is 1. The Kier molecular flexibility index (Phi) is 8.32. The van der Waals surface area contributed by atoms with Crippen molar-refractivity contribution in [2.24, 2.45) is 0 Å². The van der Waals surface area contributed by atoms with Crippen LogP contribution in [0.5, 0.6) is 5.75 Å². The van der Waals surface area contributed by atoms with Gasteiger partial charge in [0, 0.05) is 12.5 Å². The number of ketones is 1. The summed E-state index contributed by atoms with van der Waals surface area (Å²) in [6.45, 7) is 1.36. The van der Waals surface area contributed by atoms with Crippen LogP contribution in [0.15, 0.2) is 115 Å². The normalized spacial score (nSPS) is 10.7. The van der Waals surface area contributed by atoms with E-state index in [-0.39, 0.29) is 28.7 Å². The number of hydrogen-bond donors (Lipinski definition) is 0. The van der Waals surface area contributed by atoms with Gasteiger partial charge in [0.2, 0.25) is 5.78 Å². The first-order valence-electron chi connectivity index (χ1n) is 10.5. The maximum absolute atomic E-state index is 13.6. The van der Waals surface area contributed by atoms with Crippen LogP contribution in [0, 0.1) is 0 Å². The molecular weight excluding hydrogens is 495 g/mol. The fraction of sp³-hybridized carbons (Fsp3) is 0.0714. The Morgan fingerprint density at radius 1 is 0.636 bits per heavy atom. The van der Waals surface area contributed by atoms with E-state index >= 15 is 0 Å². The smallest absolute Gasteiger partial charge is 0.308 e. The molecule has 4 rings (SSSR count). The van der Waals surface area contributed by atoms with E-state index in [9.17, 15) is 9.59 Å². The standard InChI is InChI=1S/C28H24O3P.BrH/c1-22(29)31-24-19-17-23(18-20-24)28(30)21-32(25-11-5-2-6-12-25,26-13-7-3-8-14-26)27-15-9-4-10-16-27;/h2-20H,21H2,1H3;1H/q+1;/p-1. The summed E-state index contributed by atoms with van der Waals surface area (Å²) >= 11 is 0. The summed E-state index contributed by atoms with van der Waals surface area (Å²) in [6.07, 6.45) is 0.373. The van der Waals surface area contributed by atoms with Crippen molar-refractivity contribution < 1.29 is 31.3 Å². The predicted octanol–water partition coefficient (Wildman–Crippen LogP) is 1.79. The molecule has 4 aromatic rings. The van der Waals surface area contributed by atoms with Crippen LogP contribution in [0.3, 0.4) is 0 Å². The summed E-state index contributed by atoms with van der Waals surface area (Å²) in [6, 6.07) is 37.8. The minimum absolute atomic E-state index is 0. The van der Waals surface area contributed by atoms with Gasteiger partial charge in [0.15, 0.2) is 0 Å². The maximum Gasteiger partial charge on any atom is 0.308 e. The highest BCUT2D eigenvalue weighted by molar-refractivity contribution is 7.96. The van der Waals surface area contributed by atoms with Crippen molar-refractivity contribution in [2.45, 2.75) is 6.92 Å². The Morgan fingerprint density at radius 3 is 1.39 bits per heavy atom. The number of Topliss-reactive ketones (excluding diaryl/α,β-unsaturated/α-hetero) is 1. The van der Waals surface area contributed by atoms with Gasteiger partial charge in [0.25, 0.3) is 0 Å². The van der Waals surface area contributed by atoms with Crippen LogP contribution < -0.4 is 37.6 Å². The molecule has 0 fully saturated rings. The minimum Gasteiger partial charge on any atom is -1.00 e. The second-order valence-electron chi connectivity index (χ2n) is 7.52. The molecule has 0 spiro atoms. The molecule has 0 aliphatic heterocycles. The number of ether oxygens (including phenoxy) is 1. The molecule has 0 aromatic heterocycles. The van der Waals surface area contributed by atoms with Crippen LogP contribution in [0.4, 0.5) is 0 Å². The molecule has 4 aromatic carbocycles. The highest BCUT2D eigenvalue weighted by Crippen LogP contribution is 2.55. The molecule has 5 heteroatoms. The van der Waals surface area contributed by atoms with Gasteiger partial charge in [0.1, 0.15) is 35.1 Å². The molecule has 33 heavy (non-hydrogen) atoms. The fourth-order valence-electron chi connectivity index (χ4n) is 3.95. The second kappa shape index (κ2) is 11.2. The van der Waals surface area contributed by atoms with E-state index < -0.39 is 7.26 Å². The SMILES string of the molecule is CC(=O)Oc1ccc(C(=O)C[P+](c2ccccc2)(c2ccccc2)c2ccccc2)cc1.[Br-]. The van der Waals surface area contributed by atoms with E-state index in [1.165, 1.54) is 22.8 Å². The topological polar surface area (TPSA) is 43.4 Å². The molecule has 0 saturated heterocycles. The van der Waals surface area contributed by atoms with E-state index in [1.54, 1.807) is 24.3 Å².